The smallest absolute Gasteiger partial charge is 0.253 e. The van der Waals surface area contributed by atoms with Crippen molar-refractivity contribution in [3.8, 4) is 0 Å². The van der Waals surface area contributed by atoms with Crippen LogP contribution in [0.2, 0.25) is 0 Å². The molecule has 1 saturated heterocycles. The van der Waals surface area contributed by atoms with Crippen molar-refractivity contribution < 1.29 is 14.3 Å². The van der Waals surface area contributed by atoms with Crippen LogP contribution < -0.4 is 11.1 Å². The average Bonchev–Trinajstić information content (AvgIpc) is 2.67. The highest BCUT2D eigenvalue weighted by atomic mass is 16.5. The summed E-state index contributed by atoms with van der Waals surface area (Å²) in [5.74, 6) is 0.108. The molecule has 1 heterocycles. The number of amides is 2. The maximum absolute atomic E-state index is 12.6. The maximum atomic E-state index is 12.6. The van der Waals surface area contributed by atoms with Crippen LogP contribution in [0.25, 0.3) is 0 Å². The van der Waals surface area contributed by atoms with Gasteiger partial charge in [-0.15, -0.1) is 0 Å². The molecule has 0 unspecified atom stereocenters. The van der Waals surface area contributed by atoms with Crippen molar-refractivity contribution >= 4 is 11.8 Å². The van der Waals surface area contributed by atoms with Crippen LogP contribution in [-0.4, -0.2) is 49.1 Å². The molecule has 0 aromatic heterocycles. The predicted octanol–water partition coefficient (Wildman–Crippen LogP) is 1.93. The van der Waals surface area contributed by atoms with Crippen molar-refractivity contribution in [3.63, 3.8) is 0 Å². The summed E-state index contributed by atoms with van der Waals surface area (Å²) in [7, 11) is 0. The number of likely N-dealkylation sites (tertiary alicyclic amines) is 1. The van der Waals surface area contributed by atoms with Crippen molar-refractivity contribution in [2.45, 2.75) is 45.8 Å². The van der Waals surface area contributed by atoms with Gasteiger partial charge in [-0.05, 0) is 50.8 Å². The fourth-order valence-corrected chi connectivity index (χ4v) is 3.06. The Balaban J connectivity index is 1.72. The number of carbonyl (C=O) groups excluding carboxylic acids is 2. The molecule has 1 aromatic rings. The molecular formula is C20H31N3O3. The largest absolute Gasteiger partial charge is 0.379 e. The third-order valence-corrected chi connectivity index (χ3v) is 4.66. The first kappa shape index (κ1) is 20.4. The highest BCUT2D eigenvalue weighted by Gasteiger charge is 2.27. The van der Waals surface area contributed by atoms with E-state index in [0.717, 1.165) is 12.0 Å². The highest BCUT2D eigenvalue weighted by molar-refractivity contribution is 5.94. The quantitative estimate of drug-likeness (QED) is 0.693. The van der Waals surface area contributed by atoms with Crippen LogP contribution in [0, 0.1) is 5.92 Å². The van der Waals surface area contributed by atoms with E-state index in [9.17, 15) is 9.59 Å². The van der Waals surface area contributed by atoms with Gasteiger partial charge in [0.25, 0.3) is 5.91 Å². The monoisotopic (exact) mass is 361 g/mol. The molecule has 144 valence electrons. The SMILES string of the molecule is CC(C)OCCCNC(=O)C1CCN(C(=O)c2ccc(CN)cc2)CC1. The van der Waals surface area contributed by atoms with E-state index in [4.69, 9.17) is 10.5 Å². The van der Waals surface area contributed by atoms with Crippen molar-refractivity contribution in [2.75, 3.05) is 26.2 Å². The summed E-state index contributed by atoms with van der Waals surface area (Å²) in [4.78, 5) is 26.6. The maximum Gasteiger partial charge on any atom is 0.253 e. The minimum Gasteiger partial charge on any atom is -0.379 e. The van der Waals surface area contributed by atoms with Gasteiger partial charge in [0.05, 0.1) is 6.10 Å². The fourth-order valence-electron chi connectivity index (χ4n) is 3.06. The summed E-state index contributed by atoms with van der Waals surface area (Å²) in [6.45, 7) is 7.00. The molecule has 0 spiro atoms. The van der Waals surface area contributed by atoms with Crippen LogP contribution in [0.4, 0.5) is 0 Å². The normalized spacial score (nSPS) is 15.3. The van der Waals surface area contributed by atoms with Gasteiger partial charge < -0.3 is 20.7 Å². The van der Waals surface area contributed by atoms with Crippen LogP contribution in [0.1, 0.15) is 49.0 Å². The van der Waals surface area contributed by atoms with E-state index in [0.29, 0.717) is 51.2 Å². The van der Waals surface area contributed by atoms with E-state index < -0.39 is 0 Å². The van der Waals surface area contributed by atoms with Crippen LogP contribution >= 0.6 is 0 Å². The Hall–Kier alpha value is -1.92. The lowest BCUT2D eigenvalue weighted by atomic mass is 9.95. The Morgan fingerprint density at radius 2 is 1.88 bits per heavy atom. The van der Waals surface area contributed by atoms with E-state index in [1.165, 1.54) is 0 Å². The number of carbonyl (C=O) groups is 2. The molecule has 26 heavy (non-hydrogen) atoms. The first-order valence-corrected chi connectivity index (χ1v) is 9.49. The zero-order valence-electron chi connectivity index (χ0n) is 15.9. The average molecular weight is 361 g/mol. The lowest BCUT2D eigenvalue weighted by Gasteiger charge is -2.31. The topological polar surface area (TPSA) is 84.7 Å². The van der Waals surface area contributed by atoms with E-state index in [-0.39, 0.29) is 23.8 Å². The Morgan fingerprint density at radius 3 is 2.46 bits per heavy atom. The highest BCUT2D eigenvalue weighted by Crippen LogP contribution is 2.19. The first-order valence-electron chi connectivity index (χ1n) is 9.49. The second kappa shape index (κ2) is 10.3. The number of nitrogens with one attached hydrogen (secondary N) is 1. The molecule has 2 rings (SSSR count). The summed E-state index contributed by atoms with van der Waals surface area (Å²) < 4.78 is 5.46. The van der Waals surface area contributed by atoms with Crippen LogP contribution in [0.5, 0.6) is 0 Å². The van der Waals surface area contributed by atoms with E-state index >= 15 is 0 Å². The molecule has 6 heteroatoms. The van der Waals surface area contributed by atoms with Crippen molar-refractivity contribution in [1.82, 2.24) is 10.2 Å². The van der Waals surface area contributed by atoms with Crippen molar-refractivity contribution in [3.05, 3.63) is 35.4 Å². The second-order valence-corrected chi connectivity index (χ2v) is 7.03. The predicted molar refractivity (Wildman–Crippen MR) is 102 cm³/mol. The van der Waals surface area contributed by atoms with Gasteiger partial charge in [0.2, 0.25) is 5.91 Å². The zero-order valence-corrected chi connectivity index (χ0v) is 15.9. The van der Waals surface area contributed by atoms with Crippen molar-refractivity contribution in [1.29, 1.82) is 0 Å². The Kier molecular flexibility index (Phi) is 8.06. The van der Waals surface area contributed by atoms with Gasteiger partial charge in [-0.3, -0.25) is 9.59 Å². The van der Waals surface area contributed by atoms with Gasteiger partial charge in [0.1, 0.15) is 0 Å². The van der Waals surface area contributed by atoms with Crippen LogP contribution in [-0.2, 0) is 16.1 Å². The number of hydrogen-bond acceptors (Lipinski definition) is 4. The molecule has 1 aliphatic rings. The lowest BCUT2D eigenvalue weighted by Crippen LogP contribution is -2.43. The molecule has 1 fully saturated rings. The molecule has 1 aliphatic heterocycles. The number of benzene rings is 1. The fraction of sp³-hybridized carbons (Fsp3) is 0.600. The number of ether oxygens (including phenoxy) is 1. The second-order valence-electron chi connectivity index (χ2n) is 7.03. The molecular weight excluding hydrogens is 330 g/mol. The standard InChI is InChI=1S/C20H31N3O3/c1-15(2)26-13-3-10-22-19(24)17-8-11-23(12-9-17)20(25)18-6-4-16(14-21)5-7-18/h4-7,15,17H,3,8-14,21H2,1-2H3,(H,22,24). The zero-order chi connectivity index (χ0) is 18.9. The number of nitrogens with zero attached hydrogens (tertiary/aromatic N) is 1. The Bertz CT molecular complexity index is 578. The Morgan fingerprint density at radius 1 is 1.23 bits per heavy atom. The van der Waals surface area contributed by atoms with Crippen LogP contribution in [0.15, 0.2) is 24.3 Å². The molecule has 0 aliphatic carbocycles. The summed E-state index contributed by atoms with van der Waals surface area (Å²) >= 11 is 0. The molecule has 0 saturated carbocycles. The molecule has 0 radical (unpaired) electrons. The number of rotatable bonds is 8. The summed E-state index contributed by atoms with van der Waals surface area (Å²) in [5.41, 5.74) is 7.27. The minimum atomic E-state index is -0.00955. The minimum absolute atomic E-state index is 0.00955. The molecule has 0 bridgehead atoms. The number of hydrogen-bond donors (Lipinski definition) is 2. The third kappa shape index (κ3) is 6.11. The molecule has 6 nitrogen and oxygen atoms in total. The van der Waals surface area contributed by atoms with Gasteiger partial charge in [-0.1, -0.05) is 12.1 Å². The van der Waals surface area contributed by atoms with Gasteiger partial charge in [0, 0.05) is 44.3 Å². The van der Waals surface area contributed by atoms with E-state index in [1.54, 1.807) is 0 Å². The number of piperidine rings is 1. The first-order chi connectivity index (χ1) is 12.5. The lowest BCUT2D eigenvalue weighted by molar-refractivity contribution is -0.126. The van der Waals surface area contributed by atoms with E-state index in [2.05, 4.69) is 5.32 Å². The summed E-state index contributed by atoms with van der Waals surface area (Å²) in [6.07, 6.45) is 2.46. The van der Waals surface area contributed by atoms with Gasteiger partial charge in [-0.25, -0.2) is 0 Å². The molecule has 0 atom stereocenters. The van der Waals surface area contributed by atoms with Gasteiger partial charge in [0.15, 0.2) is 0 Å². The van der Waals surface area contributed by atoms with E-state index in [1.807, 2.05) is 43.0 Å². The Labute approximate surface area is 156 Å². The summed E-state index contributed by atoms with van der Waals surface area (Å²) in [5, 5.41) is 2.98. The molecule has 2 amide bonds. The third-order valence-electron chi connectivity index (χ3n) is 4.66. The van der Waals surface area contributed by atoms with Gasteiger partial charge in [-0.2, -0.15) is 0 Å². The van der Waals surface area contributed by atoms with Gasteiger partial charge >= 0.3 is 0 Å². The number of nitrogens with two attached hydrogens (primary N) is 1. The van der Waals surface area contributed by atoms with Crippen molar-refractivity contribution in [2.24, 2.45) is 11.7 Å². The molecule has 1 aromatic carbocycles. The summed E-state index contributed by atoms with van der Waals surface area (Å²) in [6, 6.07) is 7.41. The van der Waals surface area contributed by atoms with Crippen LogP contribution in [0.3, 0.4) is 0 Å². The molecule has 3 N–H and O–H groups in total.